The molecule has 0 aliphatic heterocycles. The average Bonchev–Trinajstić information content (AvgIpc) is 2.39. The zero-order valence-electron chi connectivity index (χ0n) is 10.4. The van der Waals surface area contributed by atoms with Crippen LogP contribution in [0.3, 0.4) is 0 Å². The first kappa shape index (κ1) is 13.8. The van der Waals surface area contributed by atoms with E-state index in [-0.39, 0.29) is 6.61 Å². The molecule has 1 aromatic rings. The summed E-state index contributed by atoms with van der Waals surface area (Å²) in [6.07, 6.45) is 0.241. The molecule has 1 aromatic carbocycles. The highest BCUT2D eigenvalue weighted by atomic mass is 16.7. The molecule has 4 heteroatoms. The molecule has 1 unspecified atom stereocenters. The van der Waals surface area contributed by atoms with Gasteiger partial charge in [0, 0.05) is 5.57 Å². The van der Waals surface area contributed by atoms with Gasteiger partial charge >= 0.3 is 6.16 Å². The van der Waals surface area contributed by atoms with Crippen LogP contribution in [0.25, 0.3) is 0 Å². The number of allylic oxidation sites excluding steroid dienone is 1. The molecule has 0 radical (unpaired) electrons. The van der Waals surface area contributed by atoms with Gasteiger partial charge < -0.3 is 9.47 Å². The smallest absolute Gasteiger partial charge is 0.435 e. The number of nitriles is 1. The second-order valence-corrected chi connectivity index (χ2v) is 3.59. The molecule has 0 aromatic heterocycles. The Labute approximate surface area is 106 Å². The lowest BCUT2D eigenvalue weighted by atomic mass is 10.1. The summed E-state index contributed by atoms with van der Waals surface area (Å²) in [5, 5.41) is 8.78. The van der Waals surface area contributed by atoms with Crippen LogP contribution < -0.4 is 0 Å². The minimum atomic E-state index is -0.742. The van der Waals surface area contributed by atoms with Crippen molar-refractivity contribution in [2.24, 2.45) is 0 Å². The van der Waals surface area contributed by atoms with E-state index in [0.29, 0.717) is 5.57 Å². The van der Waals surface area contributed by atoms with Gasteiger partial charge in [-0.15, -0.1) is 0 Å². The van der Waals surface area contributed by atoms with Crippen LogP contribution in [0.2, 0.25) is 0 Å². The van der Waals surface area contributed by atoms with E-state index in [0.717, 1.165) is 5.56 Å². The fraction of sp³-hybridized carbons (Fsp3) is 0.286. The van der Waals surface area contributed by atoms with E-state index in [2.05, 4.69) is 0 Å². The van der Waals surface area contributed by atoms with Crippen LogP contribution in [0.5, 0.6) is 0 Å². The Balaban J connectivity index is 2.90. The first-order valence-corrected chi connectivity index (χ1v) is 5.64. The predicted molar refractivity (Wildman–Crippen MR) is 66.7 cm³/mol. The minimum absolute atomic E-state index is 0.251. The second-order valence-electron chi connectivity index (χ2n) is 3.59. The second kappa shape index (κ2) is 7.13. The zero-order valence-corrected chi connectivity index (χ0v) is 10.4. The van der Waals surface area contributed by atoms with Crippen molar-refractivity contribution in [2.45, 2.75) is 20.0 Å². The third-order valence-electron chi connectivity index (χ3n) is 2.19. The van der Waals surface area contributed by atoms with Crippen LogP contribution in [-0.2, 0) is 9.47 Å². The largest absolute Gasteiger partial charge is 0.509 e. The summed E-state index contributed by atoms with van der Waals surface area (Å²) in [4.78, 5) is 11.3. The molecular formula is C14H15NO3. The summed E-state index contributed by atoms with van der Waals surface area (Å²) < 4.78 is 9.90. The number of rotatable bonds is 4. The normalized spacial score (nSPS) is 12.4. The molecule has 0 amide bonds. The first-order chi connectivity index (χ1) is 8.67. The Morgan fingerprint density at radius 2 is 2.11 bits per heavy atom. The summed E-state index contributed by atoms with van der Waals surface area (Å²) >= 11 is 0. The van der Waals surface area contributed by atoms with Gasteiger partial charge in [0.05, 0.1) is 12.7 Å². The molecular weight excluding hydrogens is 230 g/mol. The van der Waals surface area contributed by atoms with Crippen molar-refractivity contribution < 1.29 is 14.3 Å². The van der Waals surface area contributed by atoms with Crippen LogP contribution in [0.1, 0.15) is 25.5 Å². The third kappa shape index (κ3) is 4.30. The molecule has 18 heavy (non-hydrogen) atoms. The molecule has 0 heterocycles. The van der Waals surface area contributed by atoms with E-state index in [4.69, 9.17) is 14.7 Å². The number of carbonyl (C=O) groups is 1. The van der Waals surface area contributed by atoms with Gasteiger partial charge in [-0.05, 0) is 25.5 Å². The molecule has 0 saturated heterocycles. The van der Waals surface area contributed by atoms with Crippen molar-refractivity contribution in [3.05, 3.63) is 47.5 Å². The Morgan fingerprint density at radius 1 is 1.44 bits per heavy atom. The lowest BCUT2D eigenvalue weighted by Crippen LogP contribution is -2.11. The summed E-state index contributed by atoms with van der Waals surface area (Å²) in [6, 6.07) is 11.2. The van der Waals surface area contributed by atoms with Crippen LogP contribution in [0.4, 0.5) is 4.79 Å². The van der Waals surface area contributed by atoms with Gasteiger partial charge in [0.25, 0.3) is 0 Å². The highest BCUT2D eigenvalue weighted by Crippen LogP contribution is 2.20. The standard InChI is InChI=1S/C14H15NO3/c1-3-17-14(16)18-13(9-11(2)10-15)12-7-5-4-6-8-12/h4-9,13H,3H2,1-2H3/b11-9-. The maximum absolute atomic E-state index is 11.3. The Hall–Kier alpha value is -2.28. The lowest BCUT2D eigenvalue weighted by Gasteiger charge is -2.14. The monoisotopic (exact) mass is 245 g/mol. The maximum atomic E-state index is 11.3. The topological polar surface area (TPSA) is 59.3 Å². The molecule has 94 valence electrons. The van der Waals surface area contributed by atoms with Crippen LogP contribution in [0, 0.1) is 11.3 Å². The van der Waals surface area contributed by atoms with E-state index < -0.39 is 12.3 Å². The Kier molecular flexibility index (Phi) is 5.46. The summed E-state index contributed by atoms with van der Waals surface area (Å²) in [6.45, 7) is 3.61. The minimum Gasteiger partial charge on any atom is -0.435 e. The molecule has 0 fully saturated rings. The maximum Gasteiger partial charge on any atom is 0.509 e. The van der Waals surface area contributed by atoms with Crippen LogP contribution in [0.15, 0.2) is 42.0 Å². The number of hydrogen-bond acceptors (Lipinski definition) is 4. The molecule has 0 saturated carbocycles. The van der Waals surface area contributed by atoms with E-state index in [1.165, 1.54) is 0 Å². The number of benzene rings is 1. The number of carbonyl (C=O) groups excluding carboxylic acids is 1. The van der Waals surface area contributed by atoms with Crippen molar-refractivity contribution in [1.82, 2.24) is 0 Å². The molecule has 4 nitrogen and oxygen atoms in total. The van der Waals surface area contributed by atoms with E-state index in [9.17, 15) is 4.79 Å². The average molecular weight is 245 g/mol. The fourth-order valence-corrected chi connectivity index (χ4v) is 1.36. The van der Waals surface area contributed by atoms with E-state index in [1.54, 1.807) is 19.9 Å². The van der Waals surface area contributed by atoms with Crippen molar-refractivity contribution >= 4 is 6.16 Å². The van der Waals surface area contributed by atoms with Crippen LogP contribution >= 0.6 is 0 Å². The van der Waals surface area contributed by atoms with Crippen molar-refractivity contribution in [2.75, 3.05) is 6.61 Å². The van der Waals surface area contributed by atoms with E-state index in [1.807, 2.05) is 36.4 Å². The van der Waals surface area contributed by atoms with Crippen molar-refractivity contribution in [1.29, 1.82) is 5.26 Å². The summed E-state index contributed by atoms with van der Waals surface area (Å²) in [5.41, 5.74) is 1.27. The van der Waals surface area contributed by atoms with Crippen molar-refractivity contribution in [3.8, 4) is 6.07 Å². The highest BCUT2D eigenvalue weighted by molar-refractivity contribution is 5.60. The quantitative estimate of drug-likeness (QED) is 0.602. The Morgan fingerprint density at radius 3 is 2.67 bits per heavy atom. The van der Waals surface area contributed by atoms with E-state index >= 15 is 0 Å². The summed E-state index contributed by atoms with van der Waals surface area (Å²) in [5.74, 6) is 0. The van der Waals surface area contributed by atoms with Crippen molar-refractivity contribution in [3.63, 3.8) is 0 Å². The molecule has 0 bridgehead atoms. The fourth-order valence-electron chi connectivity index (χ4n) is 1.36. The predicted octanol–water partition coefficient (Wildman–Crippen LogP) is 3.37. The number of hydrogen-bond donors (Lipinski definition) is 0. The molecule has 0 aliphatic carbocycles. The van der Waals surface area contributed by atoms with Gasteiger partial charge in [-0.3, -0.25) is 0 Å². The number of ether oxygens (including phenoxy) is 2. The molecule has 0 N–H and O–H groups in total. The third-order valence-corrected chi connectivity index (χ3v) is 2.19. The molecule has 1 atom stereocenters. The lowest BCUT2D eigenvalue weighted by molar-refractivity contribution is 0.0399. The van der Waals surface area contributed by atoms with Gasteiger partial charge in [0.1, 0.15) is 6.10 Å². The van der Waals surface area contributed by atoms with Gasteiger partial charge in [-0.2, -0.15) is 5.26 Å². The van der Waals surface area contributed by atoms with Gasteiger partial charge in [0.2, 0.25) is 0 Å². The first-order valence-electron chi connectivity index (χ1n) is 5.64. The number of nitrogens with zero attached hydrogens (tertiary/aromatic N) is 1. The Bertz CT molecular complexity index is 460. The summed E-state index contributed by atoms with van der Waals surface area (Å²) in [7, 11) is 0. The van der Waals surface area contributed by atoms with Gasteiger partial charge in [-0.25, -0.2) is 4.79 Å². The molecule has 0 spiro atoms. The van der Waals surface area contributed by atoms with Gasteiger partial charge in [-0.1, -0.05) is 30.3 Å². The molecule has 1 rings (SSSR count). The molecule has 0 aliphatic rings. The van der Waals surface area contributed by atoms with Crippen LogP contribution in [-0.4, -0.2) is 12.8 Å². The highest BCUT2D eigenvalue weighted by Gasteiger charge is 2.15. The zero-order chi connectivity index (χ0) is 13.4. The SMILES string of the molecule is CCOC(=O)OC(/C=C(/C)C#N)c1ccccc1. The van der Waals surface area contributed by atoms with Gasteiger partial charge in [0.15, 0.2) is 0 Å².